The predicted molar refractivity (Wildman–Crippen MR) is 195 cm³/mol. The average Bonchev–Trinajstić information content (AvgIpc) is 3.51. The number of sulfonamides is 1. The summed E-state index contributed by atoms with van der Waals surface area (Å²) in [5.74, 6) is -4.74. The number of esters is 1. The molecule has 4 aromatic carbocycles. The first kappa shape index (κ1) is 41.2. The monoisotopic (exact) mass is 798 g/mol. The van der Waals surface area contributed by atoms with Crippen LogP contribution >= 0.6 is 0 Å². The van der Waals surface area contributed by atoms with Crippen LogP contribution in [0.1, 0.15) is 63.0 Å². The molecule has 0 bridgehead atoms. The fourth-order valence-corrected chi connectivity index (χ4v) is 7.12. The molecule has 5 aromatic rings. The summed E-state index contributed by atoms with van der Waals surface area (Å²) in [5.41, 5.74) is -2.43. The van der Waals surface area contributed by atoms with Crippen LogP contribution in [0.3, 0.4) is 0 Å². The molecule has 2 N–H and O–H groups in total. The Hall–Kier alpha value is -5.94. The van der Waals surface area contributed by atoms with Crippen molar-refractivity contribution in [3.8, 4) is 16.8 Å². The van der Waals surface area contributed by atoms with Crippen LogP contribution in [0.2, 0.25) is 0 Å². The minimum absolute atomic E-state index is 0.00404. The SMILES string of the molecule is CCCCc1nn(-c2cc(NC(=O)COC)ccc2C(F)(F)F)c(C(=O)OC)c1Cc1ccc(-c2ccccc2S(=O)(=O)NC(=O)c2ccccc2F)cc1F. The minimum Gasteiger partial charge on any atom is -0.464 e. The second-order valence-corrected chi connectivity index (χ2v) is 14.0. The molecule has 0 aliphatic carbocycles. The van der Waals surface area contributed by atoms with E-state index in [1.807, 2.05) is 11.6 Å². The molecule has 1 aromatic heterocycles. The number of carbonyl (C=O) groups excluding carboxylic acids is 3. The molecular weight excluding hydrogens is 764 g/mol. The van der Waals surface area contributed by atoms with Crippen molar-refractivity contribution < 1.29 is 54.2 Å². The number of amides is 2. The van der Waals surface area contributed by atoms with Crippen molar-refractivity contribution in [1.82, 2.24) is 14.5 Å². The number of carbonyl (C=O) groups is 3. The fourth-order valence-electron chi connectivity index (χ4n) is 5.93. The van der Waals surface area contributed by atoms with Crippen LogP contribution in [0.15, 0.2) is 89.8 Å². The number of aromatic nitrogens is 2. The molecule has 0 unspecified atom stereocenters. The summed E-state index contributed by atoms with van der Waals surface area (Å²) in [7, 11) is -2.32. The first-order valence-electron chi connectivity index (χ1n) is 17.0. The Kier molecular flexibility index (Phi) is 12.7. The van der Waals surface area contributed by atoms with Crippen LogP contribution in [-0.4, -0.2) is 56.8 Å². The Balaban J connectivity index is 1.58. The molecule has 0 fully saturated rings. The number of nitrogens with one attached hydrogen (secondary N) is 2. The summed E-state index contributed by atoms with van der Waals surface area (Å²) >= 11 is 0. The lowest BCUT2D eigenvalue weighted by molar-refractivity contribution is -0.137. The second-order valence-electron chi connectivity index (χ2n) is 12.4. The summed E-state index contributed by atoms with van der Waals surface area (Å²) in [4.78, 5) is 37.9. The van der Waals surface area contributed by atoms with E-state index in [-0.39, 0.29) is 53.1 Å². The van der Waals surface area contributed by atoms with E-state index in [4.69, 9.17) is 9.47 Å². The number of hydrogen-bond acceptors (Lipinski definition) is 8. The van der Waals surface area contributed by atoms with Gasteiger partial charge in [-0.05, 0) is 66.4 Å². The van der Waals surface area contributed by atoms with Crippen molar-refractivity contribution in [2.24, 2.45) is 0 Å². The van der Waals surface area contributed by atoms with E-state index in [1.54, 1.807) is 0 Å². The Labute approximate surface area is 318 Å². The minimum atomic E-state index is -4.93. The molecule has 0 atom stereocenters. The van der Waals surface area contributed by atoms with Crippen molar-refractivity contribution in [2.75, 3.05) is 26.1 Å². The lowest BCUT2D eigenvalue weighted by Gasteiger charge is -2.17. The number of rotatable bonds is 14. The molecule has 0 aliphatic rings. The molecular formula is C39H35F5N4O7S. The van der Waals surface area contributed by atoms with E-state index in [0.29, 0.717) is 12.8 Å². The summed E-state index contributed by atoms with van der Waals surface area (Å²) in [5, 5.41) is 6.87. The lowest BCUT2D eigenvalue weighted by Crippen LogP contribution is -2.31. The van der Waals surface area contributed by atoms with Crippen molar-refractivity contribution in [3.63, 3.8) is 0 Å². The maximum Gasteiger partial charge on any atom is 0.418 e. The molecule has 11 nitrogen and oxygen atoms in total. The van der Waals surface area contributed by atoms with Crippen LogP contribution < -0.4 is 10.0 Å². The van der Waals surface area contributed by atoms with Crippen LogP contribution in [0.5, 0.6) is 0 Å². The van der Waals surface area contributed by atoms with Gasteiger partial charge in [0.1, 0.15) is 18.2 Å². The molecule has 0 spiro atoms. The summed E-state index contributed by atoms with van der Waals surface area (Å²) in [6.45, 7) is 1.49. The van der Waals surface area contributed by atoms with Gasteiger partial charge in [-0.2, -0.15) is 18.3 Å². The second kappa shape index (κ2) is 17.2. The number of halogens is 5. The van der Waals surface area contributed by atoms with Gasteiger partial charge in [0.2, 0.25) is 5.91 Å². The predicted octanol–water partition coefficient (Wildman–Crippen LogP) is 7.26. The number of unbranched alkanes of at least 4 members (excludes halogenated alkanes) is 1. The van der Waals surface area contributed by atoms with E-state index in [9.17, 15) is 40.4 Å². The van der Waals surface area contributed by atoms with Gasteiger partial charge in [0.15, 0.2) is 5.69 Å². The van der Waals surface area contributed by atoms with Crippen LogP contribution in [0.25, 0.3) is 16.8 Å². The number of alkyl halides is 3. The number of hydrogen-bond donors (Lipinski definition) is 2. The fraction of sp³-hybridized carbons (Fsp3) is 0.231. The van der Waals surface area contributed by atoms with Crippen molar-refractivity contribution >= 4 is 33.5 Å². The molecule has 0 radical (unpaired) electrons. The van der Waals surface area contributed by atoms with Gasteiger partial charge in [-0.15, -0.1) is 0 Å². The van der Waals surface area contributed by atoms with E-state index < -0.39 is 73.0 Å². The van der Waals surface area contributed by atoms with Gasteiger partial charge in [0.05, 0.1) is 34.5 Å². The molecule has 294 valence electrons. The van der Waals surface area contributed by atoms with Gasteiger partial charge in [-0.3, -0.25) is 9.59 Å². The van der Waals surface area contributed by atoms with Gasteiger partial charge in [-0.1, -0.05) is 55.8 Å². The maximum absolute atomic E-state index is 16.1. The highest BCUT2D eigenvalue weighted by atomic mass is 32.2. The Morgan fingerprint density at radius 1 is 0.893 bits per heavy atom. The first-order chi connectivity index (χ1) is 26.6. The first-order valence-corrected chi connectivity index (χ1v) is 18.5. The zero-order valence-corrected chi connectivity index (χ0v) is 31.0. The van der Waals surface area contributed by atoms with E-state index in [2.05, 4.69) is 10.4 Å². The molecule has 1 heterocycles. The number of ether oxygens (including phenoxy) is 2. The third-order valence-corrected chi connectivity index (χ3v) is 9.95. The Morgan fingerprint density at radius 3 is 2.27 bits per heavy atom. The number of aryl methyl sites for hydroxylation is 1. The van der Waals surface area contributed by atoms with E-state index >= 15 is 4.39 Å². The molecule has 0 saturated carbocycles. The van der Waals surface area contributed by atoms with Crippen molar-refractivity contribution in [1.29, 1.82) is 0 Å². The van der Waals surface area contributed by atoms with Gasteiger partial charge in [0.25, 0.3) is 15.9 Å². The third-order valence-electron chi connectivity index (χ3n) is 8.56. The number of benzene rings is 4. The largest absolute Gasteiger partial charge is 0.464 e. The Morgan fingerprint density at radius 2 is 1.61 bits per heavy atom. The summed E-state index contributed by atoms with van der Waals surface area (Å²) < 4.78 is 113. The van der Waals surface area contributed by atoms with Gasteiger partial charge in [0, 0.05) is 30.3 Å². The highest BCUT2D eigenvalue weighted by molar-refractivity contribution is 7.90. The van der Waals surface area contributed by atoms with Crippen LogP contribution in [0, 0.1) is 11.6 Å². The summed E-state index contributed by atoms with van der Waals surface area (Å²) in [6, 6.07) is 16.8. The topological polar surface area (TPSA) is 146 Å². The van der Waals surface area contributed by atoms with E-state index in [0.717, 1.165) is 48.2 Å². The Bertz CT molecular complexity index is 2400. The summed E-state index contributed by atoms with van der Waals surface area (Å²) in [6.07, 6.45) is -3.94. The van der Waals surface area contributed by atoms with Gasteiger partial charge in [-0.25, -0.2) is 31.4 Å². The van der Waals surface area contributed by atoms with Crippen LogP contribution in [0.4, 0.5) is 27.6 Å². The molecule has 5 rings (SSSR count). The van der Waals surface area contributed by atoms with Gasteiger partial charge < -0.3 is 14.8 Å². The number of anilines is 1. The molecule has 0 saturated heterocycles. The third kappa shape index (κ3) is 9.12. The number of nitrogens with zero attached hydrogens (tertiary/aromatic N) is 2. The quantitative estimate of drug-likeness (QED) is 0.0883. The zero-order valence-electron chi connectivity index (χ0n) is 30.2. The van der Waals surface area contributed by atoms with Crippen LogP contribution in [-0.2, 0) is 43.3 Å². The highest BCUT2D eigenvalue weighted by Gasteiger charge is 2.37. The molecule has 2 amide bonds. The van der Waals surface area contributed by atoms with E-state index in [1.165, 1.54) is 55.6 Å². The average molecular weight is 799 g/mol. The van der Waals surface area contributed by atoms with Crippen molar-refractivity contribution in [3.05, 3.63) is 130 Å². The van der Waals surface area contributed by atoms with Gasteiger partial charge >= 0.3 is 12.1 Å². The standard InChI is InChI=1S/C39H35F5N4O7S/c1-4-5-13-32-28(36(38(51)55-3)48(46-32)33-21-25(45-35(49)22-54-2)17-18-29(33)39(42,43)44)19-24-16-15-23(20-31(24)41)26-10-7-9-14-34(26)56(52,53)47-37(50)27-11-6-8-12-30(27)40/h6-12,14-18,20-21H,4-5,13,19,22H2,1-3H3,(H,45,49)(H,47,50). The normalized spacial score (nSPS) is 11.6. The number of methoxy groups -OCH3 is 2. The lowest BCUT2D eigenvalue weighted by atomic mass is 9.97. The highest BCUT2D eigenvalue weighted by Crippen LogP contribution is 2.37. The maximum atomic E-state index is 16.1. The molecule has 0 aliphatic heterocycles. The van der Waals surface area contributed by atoms with Crippen molar-refractivity contribution in [2.45, 2.75) is 43.7 Å². The molecule has 56 heavy (non-hydrogen) atoms. The molecule has 17 heteroatoms. The smallest absolute Gasteiger partial charge is 0.418 e. The zero-order chi connectivity index (χ0) is 40.8.